The van der Waals surface area contributed by atoms with Gasteiger partial charge in [0.05, 0.1) is 36.6 Å². The summed E-state index contributed by atoms with van der Waals surface area (Å²) in [5.41, 5.74) is 2.80. The number of alkyl halides is 1. The summed E-state index contributed by atoms with van der Waals surface area (Å²) in [5.74, 6) is -2.93. The lowest BCUT2D eigenvalue weighted by molar-refractivity contribution is -0.138. The molecule has 45 heavy (non-hydrogen) atoms. The van der Waals surface area contributed by atoms with Crippen molar-refractivity contribution in [2.24, 2.45) is 0 Å². The number of nitrogens with zero attached hydrogens (tertiary/aromatic N) is 4. The average Bonchev–Trinajstić information content (AvgIpc) is 3.71. The zero-order chi connectivity index (χ0) is 32.4. The number of fused-ring (bicyclic) bond motifs is 1. The topological polar surface area (TPSA) is 172 Å². The number of hydrogen-bond donors (Lipinski definition) is 3. The second kappa shape index (κ2) is 13.2. The summed E-state index contributed by atoms with van der Waals surface area (Å²) < 4.78 is 7.10. The molecule has 3 aliphatic rings. The average molecular weight is 640 g/mol. The van der Waals surface area contributed by atoms with Crippen molar-refractivity contribution in [3.63, 3.8) is 0 Å². The van der Waals surface area contributed by atoms with Crippen molar-refractivity contribution in [3.8, 4) is 0 Å². The van der Waals surface area contributed by atoms with Crippen LogP contribution in [0.4, 0.5) is 5.69 Å². The number of hydrogen-bond acceptors (Lipinski definition) is 9. The van der Waals surface area contributed by atoms with Gasteiger partial charge in [-0.2, -0.15) is 5.10 Å². The number of aromatic nitrogens is 2. The number of ether oxygens (including phenoxy) is 1. The lowest BCUT2D eigenvalue weighted by Crippen LogP contribution is -2.54. The molecule has 1 saturated heterocycles. The SMILES string of the molecule is CNC(=O)C(c1c(C)nn(CCCl)c1C)N(CCNc1cccc2c1C(=O)N(C1CCC(=O)NC1=O)C2=O)C(=O)C1=CCOC1. The Morgan fingerprint density at radius 2 is 1.98 bits per heavy atom. The maximum Gasteiger partial charge on any atom is 0.264 e. The Morgan fingerprint density at radius 3 is 2.64 bits per heavy atom. The zero-order valence-corrected chi connectivity index (χ0v) is 25.9. The number of anilines is 1. The van der Waals surface area contributed by atoms with Crippen molar-refractivity contribution in [1.82, 2.24) is 30.2 Å². The first-order valence-electron chi connectivity index (χ1n) is 14.6. The second-order valence-corrected chi connectivity index (χ2v) is 11.2. The molecule has 6 amide bonds. The van der Waals surface area contributed by atoms with Crippen LogP contribution < -0.4 is 16.0 Å². The number of aryl methyl sites for hydroxylation is 2. The molecule has 1 aromatic heterocycles. The third kappa shape index (κ3) is 5.94. The third-order valence-electron chi connectivity index (χ3n) is 8.19. The molecule has 2 aromatic rings. The number of carbonyl (C=O) groups is 6. The molecule has 1 aromatic carbocycles. The monoisotopic (exact) mass is 639 g/mol. The van der Waals surface area contributed by atoms with Crippen LogP contribution in [0.15, 0.2) is 29.8 Å². The number of imide groups is 2. The van der Waals surface area contributed by atoms with Gasteiger partial charge in [0.2, 0.25) is 17.7 Å². The number of rotatable bonds is 11. The highest BCUT2D eigenvalue weighted by Crippen LogP contribution is 2.33. The van der Waals surface area contributed by atoms with E-state index in [2.05, 4.69) is 21.0 Å². The first kappa shape index (κ1) is 31.9. The van der Waals surface area contributed by atoms with Gasteiger partial charge in [0.25, 0.3) is 17.7 Å². The fourth-order valence-corrected chi connectivity index (χ4v) is 6.17. The molecule has 1 fully saturated rings. The molecule has 0 saturated carbocycles. The van der Waals surface area contributed by atoms with Crippen LogP contribution >= 0.6 is 11.6 Å². The van der Waals surface area contributed by atoms with E-state index < -0.39 is 41.6 Å². The van der Waals surface area contributed by atoms with Gasteiger partial charge in [0.1, 0.15) is 12.1 Å². The fraction of sp³-hybridized carbons (Fsp3) is 0.433. The fourth-order valence-electron chi connectivity index (χ4n) is 6.01. The number of likely N-dealkylation sites (N-methyl/N-ethyl adjacent to an activating group) is 1. The summed E-state index contributed by atoms with van der Waals surface area (Å²) in [4.78, 5) is 80.6. The van der Waals surface area contributed by atoms with E-state index >= 15 is 0 Å². The number of halogens is 1. The van der Waals surface area contributed by atoms with E-state index in [1.165, 1.54) is 18.0 Å². The van der Waals surface area contributed by atoms with E-state index in [1.807, 2.05) is 6.92 Å². The zero-order valence-electron chi connectivity index (χ0n) is 25.1. The number of nitrogens with one attached hydrogen (secondary N) is 3. The standard InChI is InChI=1S/C30H34ClN7O7/c1-16-23(17(2)37(35-16)12-10-31)25(27(41)32-3)36(28(42)18-9-14-45-15-18)13-11-33-20-6-4-5-19-24(20)30(44)38(29(19)43)21-7-8-22(39)34-26(21)40/h4-6,9,21,25,33H,7-8,10-15H2,1-3H3,(H,32,41)(H,34,39,40). The van der Waals surface area contributed by atoms with Crippen LogP contribution in [0.3, 0.4) is 0 Å². The molecule has 0 spiro atoms. The molecule has 4 heterocycles. The highest BCUT2D eigenvalue weighted by atomic mass is 35.5. The molecule has 0 radical (unpaired) electrons. The first-order chi connectivity index (χ1) is 21.6. The van der Waals surface area contributed by atoms with Crippen LogP contribution in [-0.2, 0) is 30.5 Å². The Morgan fingerprint density at radius 1 is 1.20 bits per heavy atom. The first-order valence-corrected chi connectivity index (χ1v) is 15.1. The summed E-state index contributed by atoms with van der Waals surface area (Å²) in [6, 6.07) is 2.59. The second-order valence-electron chi connectivity index (χ2n) is 10.9. The number of benzene rings is 1. The van der Waals surface area contributed by atoms with Gasteiger partial charge in [-0.1, -0.05) is 6.07 Å². The molecular weight excluding hydrogens is 606 g/mol. The van der Waals surface area contributed by atoms with Crippen molar-refractivity contribution in [3.05, 3.63) is 57.9 Å². The van der Waals surface area contributed by atoms with Crippen LogP contribution in [0.1, 0.15) is 56.6 Å². The predicted octanol–water partition coefficient (Wildman–Crippen LogP) is 0.824. The van der Waals surface area contributed by atoms with Gasteiger partial charge in [-0.25, -0.2) is 0 Å². The smallest absolute Gasteiger partial charge is 0.264 e. The maximum atomic E-state index is 13.9. The van der Waals surface area contributed by atoms with Gasteiger partial charge in [0, 0.05) is 55.0 Å². The van der Waals surface area contributed by atoms with Gasteiger partial charge in [-0.15, -0.1) is 11.6 Å². The Kier molecular flexibility index (Phi) is 9.34. The molecule has 3 N–H and O–H groups in total. The van der Waals surface area contributed by atoms with Crippen LogP contribution in [0.2, 0.25) is 0 Å². The highest BCUT2D eigenvalue weighted by molar-refractivity contribution is 6.25. The van der Waals surface area contributed by atoms with Crippen molar-refractivity contribution in [1.29, 1.82) is 0 Å². The summed E-state index contributed by atoms with van der Waals surface area (Å²) in [6.07, 6.45) is 1.73. The van der Waals surface area contributed by atoms with Crippen LogP contribution in [0, 0.1) is 13.8 Å². The van der Waals surface area contributed by atoms with E-state index in [9.17, 15) is 28.8 Å². The maximum absolute atomic E-state index is 13.9. The Bertz CT molecular complexity index is 1620. The molecule has 14 nitrogen and oxygen atoms in total. The highest BCUT2D eigenvalue weighted by Gasteiger charge is 2.45. The van der Waals surface area contributed by atoms with E-state index in [4.69, 9.17) is 16.3 Å². The quantitative estimate of drug-likeness (QED) is 0.238. The largest absolute Gasteiger partial charge is 0.383 e. The molecule has 2 unspecified atom stereocenters. The normalized spacial score (nSPS) is 18.4. The van der Waals surface area contributed by atoms with E-state index in [-0.39, 0.29) is 56.2 Å². The van der Waals surface area contributed by atoms with E-state index in [1.54, 1.807) is 29.8 Å². The van der Waals surface area contributed by atoms with Crippen molar-refractivity contribution in [2.75, 3.05) is 44.5 Å². The summed E-state index contributed by atoms with van der Waals surface area (Å²) >= 11 is 5.97. The minimum Gasteiger partial charge on any atom is -0.383 e. The lowest BCUT2D eigenvalue weighted by atomic mass is 10.0. The number of piperidine rings is 1. The Hall–Kier alpha value is -4.56. The van der Waals surface area contributed by atoms with Gasteiger partial charge >= 0.3 is 0 Å². The molecular formula is C30H34ClN7O7. The minimum absolute atomic E-state index is 0.0104. The molecule has 2 atom stereocenters. The van der Waals surface area contributed by atoms with Gasteiger partial charge < -0.3 is 20.3 Å². The minimum atomic E-state index is -1.10. The Labute approximate surface area is 264 Å². The van der Waals surface area contributed by atoms with Crippen molar-refractivity contribution >= 4 is 52.7 Å². The molecule has 15 heteroatoms. The molecule has 5 rings (SSSR count). The Balaban J connectivity index is 1.43. The van der Waals surface area contributed by atoms with Crippen LogP contribution in [-0.4, -0.2) is 100 Å². The van der Waals surface area contributed by atoms with Crippen molar-refractivity contribution < 1.29 is 33.5 Å². The van der Waals surface area contributed by atoms with E-state index in [0.717, 1.165) is 4.90 Å². The molecule has 0 aliphatic carbocycles. The number of amides is 6. The third-order valence-corrected chi connectivity index (χ3v) is 8.36. The van der Waals surface area contributed by atoms with Crippen LogP contribution in [0.25, 0.3) is 0 Å². The summed E-state index contributed by atoms with van der Waals surface area (Å²) in [5, 5.41) is 12.6. The van der Waals surface area contributed by atoms with Gasteiger partial charge in [0.15, 0.2) is 0 Å². The predicted molar refractivity (Wildman–Crippen MR) is 161 cm³/mol. The van der Waals surface area contributed by atoms with Gasteiger partial charge in [-0.05, 0) is 38.5 Å². The molecule has 0 bridgehead atoms. The van der Waals surface area contributed by atoms with Crippen molar-refractivity contribution in [2.45, 2.75) is 45.3 Å². The summed E-state index contributed by atoms with van der Waals surface area (Å²) in [7, 11) is 1.49. The number of carbonyl (C=O) groups excluding carboxylic acids is 6. The molecule has 238 valence electrons. The van der Waals surface area contributed by atoms with Gasteiger partial charge in [-0.3, -0.25) is 43.7 Å². The summed E-state index contributed by atoms with van der Waals surface area (Å²) in [6.45, 7) is 4.51. The van der Waals surface area contributed by atoms with Crippen LogP contribution in [0.5, 0.6) is 0 Å². The molecule has 3 aliphatic heterocycles. The van der Waals surface area contributed by atoms with E-state index in [0.29, 0.717) is 40.6 Å². The lowest BCUT2D eigenvalue weighted by Gasteiger charge is -2.32.